The Balaban J connectivity index is 1.48. The zero-order valence-electron chi connectivity index (χ0n) is 22.6. The highest BCUT2D eigenvalue weighted by atomic mass is 32.1. The number of carboxylic acids is 1. The maximum atomic E-state index is 12.9. The molecule has 3 N–H and O–H groups in total. The van der Waals surface area contributed by atoms with Crippen molar-refractivity contribution >= 4 is 34.9 Å². The second kappa shape index (κ2) is 11.3. The molecule has 1 saturated heterocycles. The van der Waals surface area contributed by atoms with Crippen molar-refractivity contribution in [3.05, 3.63) is 113 Å². The molecule has 0 spiro atoms. The Kier molecular flexibility index (Phi) is 7.66. The summed E-state index contributed by atoms with van der Waals surface area (Å²) in [7, 11) is 0. The average Bonchev–Trinajstić information content (AvgIpc) is 3.43. The SMILES string of the molecule is Cc1ccc(NC(=O)CCN2C(=S)NC(c3ccccn3)C2c2cc(C)n(-c3cccc(C(=O)O)c3)c2C)cc1. The van der Waals surface area contributed by atoms with Crippen molar-refractivity contribution in [1.29, 1.82) is 0 Å². The van der Waals surface area contributed by atoms with Crippen molar-refractivity contribution in [2.75, 3.05) is 11.9 Å². The number of pyridine rings is 1. The molecular formula is C31H31N5O3S. The Hall–Kier alpha value is -4.50. The van der Waals surface area contributed by atoms with Gasteiger partial charge in [0.2, 0.25) is 5.91 Å². The van der Waals surface area contributed by atoms with Crippen LogP contribution >= 0.6 is 12.2 Å². The minimum atomic E-state index is -0.972. The molecule has 2 aromatic heterocycles. The monoisotopic (exact) mass is 553 g/mol. The fourth-order valence-corrected chi connectivity index (χ4v) is 5.66. The number of anilines is 1. The van der Waals surface area contributed by atoms with E-state index >= 15 is 0 Å². The Morgan fingerprint density at radius 2 is 1.80 bits per heavy atom. The lowest BCUT2D eigenvalue weighted by atomic mass is 9.96. The third-order valence-corrected chi connectivity index (χ3v) is 7.61. The number of amides is 1. The first kappa shape index (κ1) is 27.1. The van der Waals surface area contributed by atoms with Crippen LogP contribution in [0.2, 0.25) is 0 Å². The lowest BCUT2D eigenvalue weighted by molar-refractivity contribution is -0.116. The van der Waals surface area contributed by atoms with E-state index in [9.17, 15) is 14.7 Å². The maximum absolute atomic E-state index is 12.9. The number of nitrogens with one attached hydrogen (secondary N) is 2. The van der Waals surface area contributed by atoms with E-state index in [1.165, 1.54) is 0 Å². The first-order valence-corrected chi connectivity index (χ1v) is 13.5. The Morgan fingerprint density at radius 3 is 2.50 bits per heavy atom. The van der Waals surface area contributed by atoms with Crippen LogP contribution in [0.5, 0.6) is 0 Å². The summed E-state index contributed by atoms with van der Waals surface area (Å²) in [6, 6.07) is 22.1. The van der Waals surface area contributed by atoms with E-state index < -0.39 is 5.97 Å². The van der Waals surface area contributed by atoms with Gasteiger partial charge in [-0.25, -0.2) is 4.79 Å². The predicted molar refractivity (Wildman–Crippen MR) is 159 cm³/mol. The van der Waals surface area contributed by atoms with Gasteiger partial charge in [-0.05, 0) is 87.1 Å². The molecule has 1 amide bonds. The molecule has 0 bridgehead atoms. The van der Waals surface area contributed by atoms with Crippen LogP contribution in [0.25, 0.3) is 5.69 Å². The van der Waals surface area contributed by atoms with Gasteiger partial charge < -0.3 is 25.2 Å². The highest BCUT2D eigenvalue weighted by Crippen LogP contribution is 2.41. The number of carboxylic acid groups (broad SMARTS) is 1. The number of benzene rings is 2. The summed E-state index contributed by atoms with van der Waals surface area (Å²) in [6.45, 7) is 6.44. The molecule has 9 heteroatoms. The smallest absolute Gasteiger partial charge is 0.335 e. The van der Waals surface area contributed by atoms with Gasteiger partial charge in [0.25, 0.3) is 0 Å². The number of carbonyl (C=O) groups excluding carboxylic acids is 1. The summed E-state index contributed by atoms with van der Waals surface area (Å²) < 4.78 is 2.06. The summed E-state index contributed by atoms with van der Waals surface area (Å²) in [5.41, 5.74) is 6.68. The molecular weight excluding hydrogens is 522 g/mol. The lowest BCUT2D eigenvalue weighted by Crippen LogP contribution is -2.32. The molecule has 1 aliphatic heterocycles. The molecule has 204 valence electrons. The van der Waals surface area contributed by atoms with E-state index in [1.54, 1.807) is 24.4 Å². The van der Waals surface area contributed by atoms with Gasteiger partial charge in [0.15, 0.2) is 5.11 Å². The molecule has 5 rings (SSSR count). The third kappa shape index (κ3) is 5.46. The molecule has 40 heavy (non-hydrogen) atoms. The van der Waals surface area contributed by atoms with Crippen LogP contribution < -0.4 is 10.6 Å². The zero-order valence-corrected chi connectivity index (χ0v) is 23.4. The molecule has 4 aromatic rings. The van der Waals surface area contributed by atoms with Crippen molar-refractivity contribution < 1.29 is 14.7 Å². The first-order chi connectivity index (χ1) is 19.2. The van der Waals surface area contributed by atoms with Crippen molar-refractivity contribution in [3.8, 4) is 5.69 Å². The summed E-state index contributed by atoms with van der Waals surface area (Å²) >= 11 is 5.80. The standard InChI is InChI=1S/C31H31N5O3S/c1-19-10-12-23(13-11-19)33-27(37)14-16-35-29(28(34-31(35)40)26-9-4-5-15-32-26)25-17-20(2)36(21(25)3)24-8-6-7-22(18-24)30(38)39/h4-13,15,17-18,28-29H,14,16H2,1-3H3,(H,33,37)(H,34,40)(H,38,39). The van der Waals surface area contributed by atoms with Crippen molar-refractivity contribution in [3.63, 3.8) is 0 Å². The van der Waals surface area contributed by atoms with E-state index in [4.69, 9.17) is 12.2 Å². The van der Waals surface area contributed by atoms with Gasteiger partial charge in [0.1, 0.15) is 0 Å². The highest BCUT2D eigenvalue weighted by Gasteiger charge is 2.41. The van der Waals surface area contributed by atoms with Crippen LogP contribution in [0.1, 0.15) is 57.1 Å². The van der Waals surface area contributed by atoms with Crippen molar-refractivity contribution in [2.24, 2.45) is 0 Å². The number of carbonyl (C=O) groups is 2. The van der Waals surface area contributed by atoms with E-state index in [-0.39, 0.29) is 30.0 Å². The van der Waals surface area contributed by atoms with E-state index in [0.29, 0.717) is 11.7 Å². The number of aromatic nitrogens is 2. The van der Waals surface area contributed by atoms with Gasteiger partial charge in [0.05, 0.1) is 23.3 Å². The second-order valence-electron chi connectivity index (χ2n) is 10.0. The van der Waals surface area contributed by atoms with Crippen molar-refractivity contribution in [2.45, 2.75) is 39.3 Å². The molecule has 2 unspecified atom stereocenters. The topological polar surface area (TPSA) is 99.5 Å². The number of thiocarbonyl (C=S) groups is 1. The number of hydrogen-bond acceptors (Lipinski definition) is 4. The normalized spacial score (nSPS) is 16.6. The van der Waals surface area contributed by atoms with E-state index in [0.717, 1.165) is 39.6 Å². The predicted octanol–water partition coefficient (Wildman–Crippen LogP) is 5.50. The largest absolute Gasteiger partial charge is 0.478 e. The van der Waals surface area contributed by atoms with E-state index in [1.807, 2.05) is 69.3 Å². The second-order valence-corrected chi connectivity index (χ2v) is 10.4. The average molecular weight is 554 g/mol. The van der Waals surface area contributed by atoms with Gasteiger partial charge in [0, 0.05) is 41.9 Å². The van der Waals surface area contributed by atoms with Crippen LogP contribution in [-0.4, -0.2) is 43.1 Å². The minimum absolute atomic E-state index is 0.0948. The maximum Gasteiger partial charge on any atom is 0.335 e. The lowest BCUT2D eigenvalue weighted by Gasteiger charge is -2.28. The summed E-state index contributed by atoms with van der Waals surface area (Å²) in [5.74, 6) is -1.07. The summed E-state index contributed by atoms with van der Waals surface area (Å²) in [5, 5.41) is 16.5. The summed E-state index contributed by atoms with van der Waals surface area (Å²) in [4.78, 5) is 31.2. The molecule has 2 aromatic carbocycles. The van der Waals surface area contributed by atoms with Crippen molar-refractivity contribution in [1.82, 2.24) is 19.8 Å². The number of hydrogen-bond donors (Lipinski definition) is 3. The fourth-order valence-electron chi connectivity index (χ4n) is 5.33. The highest BCUT2D eigenvalue weighted by molar-refractivity contribution is 7.80. The number of aromatic carboxylic acids is 1. The molecule has 0 aliphatic carbocycles. The Labute approximate surface area is 238 Å². The van der Waals surface area contributed by atoms with Gasteiger partial charge >= 0.3 is 5.97 Å². The third-order valence-electron chi connectivity index (χ3n) is 7.25. The first-order valence-electron chi connectivity index (χ1n) is 13.1. The molecule has 8 nitrogen and oxygen atoms in total. The number of rotatable bonds is 8. The molecule has 0 saturated carbocycles. The Morgan fingerprint density at radius 1 is 1.02 bits per heavy atom. The molecule has 1 fully saturated rings. The summed E-state index contributed by atoms with van der Waals surface area (Å²) in [6.07, 6.45) is 2.01. The van der Waals surface area contributed by atoms with Gasteiger partial charge in [-0.3, -0.25) is 9.78 Å². The zero-order chi connectivity index (χ0) is 28.4. The quantitative estimate of drug-likeness (QED) is 0.248. The molecule has 3 heterocycles. The fraction of sp³-hybridized carbons (Fsp3) is 0.226. The minimum Gasteiger partial charge on any atom is -0.478 e. The molecule has 1 aliphatic rings. The van der Waals surface area contributed by atoms with E-state index in [2.05, 4.69) is 31.2 Å². The van der Waals surface area contributed by atoms with Crippen LogP contribution in [0.4, 0.5) is 5.69 Å². The van der Waals surface area contributed by atoms with Crippen LogP contribution in [0.15, 0.2) is 79.0 Å². The van der Waals surface area contributed by atoms with Gasteiger partial charge in [-0.15, -0.1) is 0 Å². The molecule has 0 radical (unpaired) electrons. The number of aryl methyl sites for hydroxylation is 2. The van der Waals surface area contributed by atoms with Crippen LogP contribution in [0, 0.1) is 20.8 Å². The van der Waals surface area contributed by atoms with Gasteiger partial charge in [-0.2, -0.15) is 0 Å². The van der Waals surface area contributed by atoms with Gasteiger partial charge in [-0.1, -0.05) is 29.8 Å². The van der Waals surface area contributed by atoms with Crippen LogP contribution in [-0.2, 0) is 4.79 Å². The number of nitrogens with zero attached hydrogens (tertiary/aromatic N) is 3. The van der Waals surface area contributed by atoms with Crippen LogP contribution in [0.3, 0.4) is 0 Å². The molecule has 2 atom stereocenters. The Bertz CT molecular complexity index is 1570.